The summed E-state index contributed by atoms with van der Waals surface area (Å²) in [5, 5.41) is 0. The van der Waals surface area contributed by atoms with Crippen LogP contribution in [0, 0.1) is 0 Å². The molecule has 1 amide bonds. The molecule has 0 spiro atoms. The van der Waals surface area contributed by atoms with E-state index in [1.54, 1.807) is 4.90 Å². The highest BCUT2D eigenvalue weighted by molar-refractivity contribution is 5.95. The predicted molar refractivity (Wildman–Crippen MR) is 90.7 cm³/mol. The van der Waals surface area contributed by atoms with Crippen LogP contribution in [0.25, 0.3) is 0 Å². The van der Waals surface area contributed by atoms with Gasteiger partial charge in [0.2, 0.25) is 0 Å². The Morgan fingerprint density at radius 1 is 1.19 bits per heavy atom. The van der Waals surface area contributed by atoms with Crippen LogP contribution < -0.4 is 9.47 Å². The number of hydrogen-bond donors (Lipinski definition) is 0. The topological polar surface area (TPSA) is 48.0 Å². The lowest BCUT2D eigenvalue weighted by Crippen LogP contribution is -2.42. The molecule has 0 bridgehead atoms. The highest BCUT2D eigenvalue weighted by Gasteiger charge is 2.27. The molecule has 26 heavy (non-hydrogen) atoms. The minimum atomic E-state index is -3.00. The normalized spacial score (nSPS) is 17.2. The summed E-state index contributed by atoms with van der Waals surface area (Å²) in [6.07, 6.45) is -0.219. The molecule has 5 nitrogen and oxygen atoms in total. The van der Waals surface area contributed by atoms with E-state index < -0.39 is 6.61 Å². The highest BCUT2D eigenvalue weighted by atomic mass is 19.3. The molecular formula is C19H19F2NO4. The van der Waals surface area contributed by atoms with Crippen molar-refractivity contribution in [3.05, 3.63) is 59.7 Å². The average Bonchev–Trinajstić information content (AvgIpc) is 2.67. The first-order valence-corrected chi connectivity index (χ1v) is 8.17. The molecule has 7 heteroatoms. The largest absolute Gasteiger partial charge is 0.493 e. The summed E-state index contributed by atoms with van der Waals surface area (Å²) < 4.78 is 40.4. The lowest BCUT2D eigenvalue weighted by atomic mass is 10.1. The van der Waals surface area contributed by atoms with Crippen molar-refractivity contribution >= 4 is 5.91 Å². The van der Waals surface area contributed by atoms with Crippen LogP contribution in [0.1, 0.15) is 22.0 Å². The molecule has 1 saturated heterocycles. The van der Waals surface area contributed by atoms with Crippen molar-refractivity contribution in [2.24, 2.45) is 0 Å². The molecule has 0 N–H and O–H groups in total. The molecular weight excluding hydrogens is 344 g/mol. The zero-order valence-corrected chi connectivity index (χ0v) is 14.2. The summed E-state index contributed by atoms with van der Waals surface area (Å²) in [7, 11) is 1.35. The van der Waals surface area contributed by atoms with Gasteiger partial charge in [-0.2, -0.15) is 8.78 Å². The summed E-state index contributed by atoms with van der Waals surface area (Å²) in [5.41, 5.74) is 1.25. The second kappa shape index (κ2) is 8.14. The van der Waals surface area contributed by atoms with E-state index in [1.807, 2.05) is 30.3 Å². The number of carbonyl (C=O) groups excluding carboxylic acids is 1. The van der Waals surface area contributed by atoms with Gasteiger partial charge in [0, 0.05) is 12.1 Å². The first-order valence-electron chi connectivity index (χ1n) is 8.17. The third-order valence-electron chi connectivity index (χ3n) is 4.15. The first kappa shape index (κ1) is 18.1. The predicted octanol–water partition coefficient (Wildman–Crippen LogP) is 3.51. The minimum absolute atomic E-state index is 0.144. The smallest absolute Gasteiger partial charge is 0.387 e. The molecule has 0 aromatic heterocycles. The molecule has 1 aliphatic heterocycles. The second-order valence-electron chi connectivity index (χ2n) is 5.77. The van der Waals surface area contributed by atoms with Crippen molar-refractivity contribution in [2.75, 3.05) is 26.8 Å². The monoisotopic (exact) mass is 363 g/mol. The quantitative estimate of drug-likeness (QED) is 0.816. The SMILES string of the molecule is COc1ccc(C(=O)N2CCOC(c3ccccc3)C2)cc1OC(F)F. The van der Waals surface area contributed by atoms with Gasteiger partial charge in [-0.3, -0.25) is 4.79 Å². The first-order chi connectivity index (χ1) is 12.6. The van der Waals surface area contributed by atoms with Crippen LogP contribution in [0.3, 0.4) is 0 Å². The third-order valence-corrected chi connectivity index (χ3v) is 4.15. The summed E-state index contributed by atoms with van der Waals surface area (Å²) in [4.78, 5) is 14.4. The number of amides is 1. The van der Waals surface area contributed by atoms with Crippen molar-refractivity contribution in [2.45, 2.75) is 12.7 Å². The molecule has 1 aliphatic rings. The second-order valence-corrected chi connectivity index (χ2v) is 5.77. The Kier molecular flexibility index (Phi) is 5.68. The summed E-state index contributed by atoms with van der Waals surface area (Å²) in [6.45, 7) is -1.78. The van der Waals surface area contributed by atoms with E-state index in [2.05, 4.69) is 4.74 Å². The van der Waals surface area contributed by atoms with Crippen LogP contribution in [0.15, 0.2) is 48.5 Å². The number of benzene rings is 2. The fourth-order valence-corrected chi connectivity index (χ4v) is 2.88. The molecule has 2 aromatic rings. The lowest BCUT2D eigenvalue weighted by molar-refractivity contribution is -0.0513. The standard InChI is InChI=1S/C19H19F2NO4/c1-24-15-8-7-14(11-16(15)26-19(20)21)18(23)22-9-10-25-17(12-22)13-5-3-2-4-6-13/h2-8,11,17,19H,9-10,12H2,1H3. The third kappa shape index (κ3) is 4.11. The van der Waals surface area contributed by atoms with Crippen LogP contribution in [0.4, 0.5) is 8.78 Å². The van der Waals surface area contributed by atoms with Gasteiger partial charge in [-0.25, -0.2) is 0 Å². The van der Waals surface area contributed by atoms with Gasteiger partial charge < -0.3 is 19.1 Å². The number of rotatable bonds is 5. The van der Waals surface area contributed by atoms with E-state index in [1.165, 1.54) is 25.3 Å². The van der Waals surface area contributed by atoms with Crippen LogP contribution in [0.5, 0.6) is 11.5 Å². The summed E-state index contributed by atoms with van der Waals surface area (Å²) >= 11 is 0. The van der Waals surface area contributed by atoms with E-state index in [-0.39, 0.29) is 29.1 Å². The van der Waals surface area contributed by atoms with E-state index >= 15 is 0 Å². The Morgan fingerprint density at radius 2 is 1.96 bits per heavy atom. The highest BCUT2D eigenvalue weighted by Crippen LogP contribution is 2.31. The van der Waals surface area contributed by atoms with E-state index in [9.17, 15) is 13.6 Å². The number of nitrogens with zero attached hydrogens (tertiary/aromatic N) is 1. The number of hydrogen-bond acceptors (Lipinski definition) is 4. The van der Waals surface area contributed by atoms with Gasteiger partial charge in [0.15, 0.2) is 11.5 Å². The van der Waals surface area contributed by atoms with Gasteiger partial charge >= 0.3 is 6.61 Å². The van der Waals surface area contributed by atoms with Crippen LogP contribution in [-0.2, 0) is 4.74 Å². The molecule has 1 atom stereocenters. The van der Waals surface area contributed by atoms with Gasteiger partial charge in [-0.15, -0.1) is 0 Å². The Bertz CT molecular complexity index is 754. The van der Waals surface area contributed by atoms with Gasteiger partial charge in [0.25, 0.3) is 5.91 Å². The van der Waals surface area contributed by atoms with E-state index in [0.717, 1.165) is 5.56 Å². The van der Waals surface area contributed by atoms with Crippen molar-refractivity contribution in [1.82, 2.24) is 4.90 Å². The number of halogens is 2. The molecule has 1 unspecified atom stereocenters. The zero-order chi connectivity index (χ0) is 18.5. The van der Waals surface area contributed by atoms with E-state index in [4.69, 9.17) is 9.47 Å². The van der Waals surface area contributed by atoms with Crippen LogP contribution in [-0.4, -0.2) is 44.2 Å². The molecule has 0 radical (unpaired) electrons. The molecule has 0 saturated carbocycles. The maximum absolute atomic E-state index is 12.8. The number of alkyl halides is 2. The Labute approximate surface area is 150 Å². The maximum atomic E-state index is 12.8. The zero-order valence-electron chi connectivity index (χ0n) is 14.2. The van der Waals surface area contributed by atoms with Crippen molar-refractivity contribution in [1.29, 1.82) is 0 Å². The van der Waals surface area contributed by atoms with Crippen molar-refractivity contribution in [3.63, 3.8) is 0 Å². The fraction of sp³-hybridized carbons (Fsp3) is 0.316. The minimum Gasteiger partial charge on any atom is -0.493 e. The van der Waals surface area contributed by atoms with Crippen LogP contribution >= 0.6 is 0 Å². The molecule has 1 heterocycles. The molecule has 3 rings (SSSR count). The number of methoxy groups -OCH3 is 1. The molecule has 1 fully saturated rings. The summed E-state index contributed by atoms with van der Waals surface area (Å²) in [6, 6.07) is 13.9. The Balaban J connectivity index is 1.78. The Hall–Kier alpha value is -2.67. The van der Waals surface area contributed by atoms with Gasteiger partial charge in [0.1, 0.15) is 6.10 Å². The van der Waals surface area contributed by atoms with Gasteiger partial charge in [-0.05, 0) is 23.8 Å². The molecule has 0 aliphatic carbocycles. The molecule has 138 valence electrons. The maximum Gasteiger partial charge on any atom is 0.387 e. The van der Waals surface area contributed by atoms with Gasteiger partial charge in [0.05, 0.1) is 20.3 Å². The number of morpholine rings is 1. The number of carbonyl (C=O) groups is 1. The average molecular weight is 363 g/mol. The van der Waals surface area contributed by atoms with Crippen molar-refractivity contribution in [3.8, 4) is 11.5 Å². The van der Waals surface area contributed by atoms with E-state index in [0.29, 0.717) is 19.7 Å². The summed E-state index contributed by atoms with van der Waals surface area (Å²) in [5.74, 6) is -0.289. The Morgan fingerprint density at radius 3 is 2.65 bits per heavy atom. The van der Waals surface area contributed by atoms with Crippen LogP contribution in [0.2, 0.25) is 0 Å². The fourth-order valence-electron chi connectivity index (χ4n) is 2.88. The van der Waals surface area contributed by atoms with Crippen molar-refractivity contribution < 1.29 is 27.8 Å². The number of ether oxygens (including phenoxy) is 3. The molecule has 2 aromatic carbocycles. The van der Waals surface area contributed by atoms with Gasteiger partial charge in [-0.1, -0.05) is 30.3 Å². The lowest BCUT2D eigenvalue weighted by Gasteiger charge is -2.33.